The molecule has 0 aliphatic carbocycles. The molecule has 0 fully saturated rings. The summed E-state index contributed by atoms with van der Waals surface area (Å²) < 4.78 is 0. The van der Waals surface area contributed by atoms with E-state index >= 15 is 0 Å². The zero-order chi connectivity index (χ0) is 19.2. The van der Waals surface area contributed by atoms with Gasteiger partial charge in [0.25, 0.3) is 0 Å². The Balaban J connectivity index is 2.11. The van der Waals surface area contributed by atoms with Crippen LogP contribution in [0.5, 0.6) is 0 Å². The van der Waals surface area contributed by atoms with Crippen molar-refractivity contribution in [2.75, 3.05) is 5.32 Å². The molecule has 0 saturated heterocycles. The maximum Gasteiger partial charge on any atom is 0.206 e. The second-order valence-electron chi connectivity index (χ2n) is 5.48. The van der Waals surface area contributed by atoms with Gasteiger partial charge in [0.2, 0.25) is 5.13 Å². The number of aliphatic hydroxyl groups excluding tert-OH is 1. The van der Waals surface area contributed by atoms with Crippen molar-refractivity contribution in [1.82, 2.24) is 10.2 Å². The molecule has 6 nitrogen and oxygen atoms in total. The van der Waals surface area contributed by atoms with Gasteiger partial charge in [-0.2, -0.15) is 0 Å². The average molecular weight is 400 g/mol. The highest BCUT2D eigenvalue weighted by Crippen LogP contribution is 2.31. The fourth-order valence-corrected chi connectivity index (χ4v) is 3.14. The fraction of sp³-hybridized carbons (Fsp3) is 0.0526. The van der Waals surface area contributed by atoms with Gasteiger partial charge in [0.15, 0.2) is 17.8 Å². The summed E-state index contributed by atoms with van der Waals surface area (Å²) >= 11 is 7.19. The standard InChI is InChI=1S/C19H14ClN3O3S/c20-14-8-6-12(7-9-14)17(22-19-23-21-11-27-19)16(15(25)10-24)18(26)13-4-2-1-3-5-13/h1-11,17,25H,(H,22,23)/b16-15-. The Morgan fingerprint density at radius 1 is 1.15 bits per heavy atom. The van der Waals surface area contributed by atoms with Crippen molar-refractivity contribution in [1.29, 1.82) is 0 Å². The summed E-state index contributed by atoms with van der Waals surface area (Å²) in [4.78, 5) is 24.4. The van der Waals surface area contributed by atoms with E-state index < -0.39 is 17.6 Å². The predicted octanol–water partition coefficient (Wildman–Crippen LogP) is 4.24. The van der Waals surface area contributed by atoms with Crippen LogP contribution < -0.4 is 5.32 Å². The summed E-state index contributed by atoms with van der Waals surface area (Å²) in [6.45, 7) is 0. The molecule has 0 spiro atoms. The number of anilines is 1. The van der Waals surface area contributed by atoms with E-state index in [0.717, 1.165) is 0 Å². The minimum atomic E-state index is -0.826. The van der Waals surface area contributed by atoms with Crippen molar-refractivity contribution in [2.45, 2.75) is 6.04 Å². The van der Waals surface area contributed by atoms with Gasteiger partial charge in [-0.05, 0) is 17.7 Å². The van der Waals surface area contributed by atoms with Crippen molar-refractivity contribution in [2.24, 2.45) is 0 Å². The third-order valence-electron chi connectivity index (χ3n) is 3.79. The van der Waals surface area contributed by atoms with E-state index in [1.165, 1.54) is 16.8 Å². The van der Waals surface area contributed by atoms with Crippen LogP contribution in [0, 0.1) is 0 Å². The molecule has 27 heavy (non-hydrogen) atoms. The van der Waals surface area contributed by atoms with Crippen LogP contribution in [0.15, 0.2) is 71.4 Å². The number of hydrogen-bond acceptors (Lipinski definition) is 7. The SMILES string of the molecule is O=C/C(O)=C(/C(=O)c1ccccc1)C(Nc1nncs1)c1ccc(Cl)cc1. The first-order valence-corrected chi connectivity index (χ1v) is 9.12. The molecular formula is C19H14ClN3O3S. The molecule has 0 aliphatic rings. The van der Waals surface area contributed by atoms with E-state index in [-0.39, 0.29) is 11.9 Å². The second kappa shape index (κ2) is 8.57. The Bertz CT molecular complexity index is 958. The van der Waals surface area contributed by atoms with Crippen molar-refractivity contribution >= 4 is 40.1 Å². The highest BCUT2D eigenvalue weighted by Gasteiger charge is 2.28. The number of halogens is 1. The molecule has 0 bridgehead atoms. The van der Waals surface area contributed by atoms with Crippen molar-refractivity contribution in [3.05, 3.63) is 87.6 Å². The minimum absolute atomic E-state index is 0.0891. The number of benzene rings is 2. The molecule has 3 rings (SSSR count). The molecular weight excluding hydrogens is 386 g/mol. The number of carbonyl (C=O) groups is 2. The number of nitrogens with one attached hydrogen (secondary N) is 1. The van der Waals surface area contributed by atoms with E-state index in [0.29, 0.717) is 21.3 Å². The number of ketones is 1. The number of aromatic nitrogens is 2. The van der Waals surface area contributed by atoms with Gasteiger partial charge in [-0.25, -0.2) is 0 Å². The van der Waals surface area contributed by atoms with E-state index in [9.17, 15) is 14.7 Å². The monoisotopic (exact) mass is 399 g/mol. The molecule has 1 unspecified atom stereocenters. The molecule has 8 heteroatoms. The van der Waals surface area contributed by atoms with Crippen LogP contribution in [-0.2, 0) is 4.79 Å². The Morgan fingerprint density at radius 3 is 2.44 bits per heavy atom. The normalized spacial score (nSPS) is 12.8. The lowest BCUT2D eigenvalue weighted by molar-refractivity contribution is -0.107. The Morgan fingerprint density at radius 2 is 1.85 bits per heavy atom. The molecule has 1 heterocycles. The molecule has 0 aliphatic heterocycles. The van der Waals surface area contributed by atoms with E-state index in [4.69, 9.17) is 11.6 Å². The van der Waals surface area contributed by atoms with E-state index in [1.54, 1.807) is 54.6 Å². The fourth-order valence-electron chi connectivity index (χ4n) is 2.54. The van der Waals surface area contributed by atoms with Gasteiger partial charge >= 0.3 is 0 Å². The van der Waals surface area contributed by atoms with Gasteiger partial charge in [-0.1, -0.05) is 65.4 Å². The van der Waals surface area contributed by atoms with Gasteiger partial charge in [-0.3, -0.25) is 9.59 Å². The first-order valence-electron chi connectivity index (χ1n) is 7.86. The van der Waals surface area contributed by atoms with Gasteiger partial charge in [0, 0.05) is 10.6 Å². The first kappa shape index (κ1) is 18.8. The Hall–Kier alpha value is -3.03. The summed E-state index contributed by atoms with van der Waals surface area (Å²) in [5.74, 6) is -1.13. The molecule has 2 N–H and O–H groups in total. The van der Waals surface area contributed by atoms with Gasteiger partial charge in [-0.15, -0.1) is 10.2 Å². The molecule has 0 saturated carbocycles. The number of nitrogens with zero attached hydrogens (tertiary/aromatic N) is 2. The summed E-state index contributed by atoms with van der Waals surface area (Å²) in [5.41, 5.74) is 2.42. The summed E-state index contributed by atoms with van der Waals surface area (Å²) in [7, 11) is 0. The van der Waals surface area contributed by atoms with E-state index in [1.807, 2.05) is 0 Å². The highest BCUT2D eigenvalue weighted by molar-refractivity contribution is 7.13. The number of rotatable bonds is 7. The van der Waals surface area contributed by atoms with Crippen molar-refractivity contribution < 1.29 is 14.7 Å². The third-order valence-corrected chi connectivity index (χ3v) is 4.66. The quantitative estimate of drug-likeness (QED) is 0.267. The summed E-state index contributed by atoms with van der Waals surface area (Å²) in [5, 5.41) is 22.0. The van der Waals surface area contributed by atoms with E-state index in [2.05, 4.69) is 15.5 Å². The van der Waals surface area contributed by atoms with Crippen LogP contribution in [0.1, 0.15) is 22.0 Å². The summed E-state index contributed by atoms with van der Waals surface area (Å²) in [6.07, 6.45) is 0.251. The van der Waals surface area contributed by atoms with Crippen molar-refractivity contribution in [3.63, 3.8) is 0 Å². The number of aldehydes is 1. The molecule has 1 atom stereocenters. The highest BCUT2D eigenvalue weighted by atomic mass is 35.5. The average Bonchev–Trinajstić information content (AvgIpc) is 3.21. The lowest BCUT2D eigenvalue weighted by Crippen LogP contribution is -2.22. The Labute approximate surface area is 164 Å². The van der Waals surface area contributed by atoms with Gasteiger partial charge < -0.3 is 10.4 Å². The van der Waals surface area contributed by atoms with Crippen LogP contribution in [-0.4, -0.2) is 27.4 Å². The number of allylic oxidation sites excluding steroid dienone is 1. The van der Waals surface area contributed by atoms with Crippen molar-refractivity contribution in [3.8, 4) is 0 Å². The largest absolute Gasteiger partial charge is 0.504 e. The lowest BCUT2D eigenvalue weighted by Gasteiger charge is -2.21. The smallest absolute Gasteiger partial charge is 0.206 e. The zero-order valence-corrected chi connectivity index (χ0v) is 15.4. The number of aliphatic hydroxyl groups is 1. The number of carbonyl (C=O) groups excluding carboxylic acids is 2. The second-order valence-corrected chi connectivity index (χ2v) is 6.75. The number of Topliss-reactive ketones (excluding diaryl/α,β-unsaturated/α-hetero) is 1. The summed E-state index contributed by atoms with van der Waals surface area (Å²) in [6, 6.07) is 14.3. The zero-order valence-electron chi connectivity index (χ0n) is 13.9. The first-order chi connectivity index (χ1) is 13.1. The van der Waals surface area contributed by atoms with Crippen LogP contribution >= 0.6 is 22.9 Å². The number of hydrogen-bond donors (Lipinski definition) is 2. The molecule has 0 amide bonds. The molecule has 0 radical (unpaired) electrons. The molecule has 1 aromatic heterocycles. The molecule has 3 aromatic rings. The maximum absolute atomic E-state index is 13.1. The van der Waals surface area contributed by atoms with Crippen LogP contribution in [0.2, 0.25) is 5.02 Å². The predicted molar refractivity (Wildman–Crippen MR) is 104 cm³/mol. The van der Waals surface area contributed by atoms with Gasteiger partial charge in [0.1, 0.15) is 5.51 Å². The van der Waals surface area contributed by atoms with Crippen LogP contribution in [0.4, 0.5) is 5.13 Å². The molecule has 136 valence electrons. The third kappa shape index (κ3) is 4.39. The Kier molecular flexibility index (Phi) is 5.95. The maximum atomic E-state index is 13.1. The van der Waals surface area contributed by atoms with Gasteiger partial charge in [0.05, 0.1) is 11.6 Å². The topological polar surface area (TPSA) is 92.2 Å². The lowest BCUT2D eigenvalue weighted by atomic mass is 9.91. The minimum Gasteiger partial charge on any atom is -0.504 e. The van der Waals surface area contributed by atoms with Crippen LogP contribution in [0.25, 0.3) is 0 Å². The molecule has 2 aromatic carbocycles. The van der Waals surface area contributed by atoms with Crippen LogP contribution in [0.3, 0.4) is 0 Å².